The Hall–Kier alpha value is -0.910. The Balaban J connectivity index is 2.15. The molecule has 1 heterocycles. The normalized spacial score (nSPS) is 11.2. The predicted molar refractivity (Wildman–Crippen MR) is 80.3 cm³/mol. The van der Waals surface area contributed by atoms with Crippen LogP contribution in [0.25, 0.3) is 0 Å². The van der Waals surface area contributed by atoms with E-state index in [4.69, 9.17) is 29.0 Å². The van der Waals surface area contributed by atoms with Gasteiger partial charge in [-0.25, -0.2) is 4.68 Å². The van der Waals surface area contributed by atoms with Crippen molar-refractivity contribution in [3.8, 4) is 0 Å². The molecular formula is C12H14Cl2N4S. The van der Waals surface area contributed by atoms with E-state index in [-0.39, 0.29) is 5.92 Å². The van der Waals surface area contributed by atoms with Crippen molar-refractivity contribution in [1.29, 1.82) is 0 Å². The number of benzene rings is 1. The standard InChI is InChI=1S/C12H14Cl2N4S/c1-7(2)11-16-17-12(18(11)15)19-6-8-9(13)4-3-5-10(8)14/h3-5,7H,6,15H2,1-2H3. The Labute approximate surface area is 126 Å². The molecule has 102 valence electrons. The van der Waals surface area contributed by atoms with Gasteiger partial charge in [0.15, 0.2) is 5.82 Å². The first kappa shape index (κ1) is 14.5. The molecule has 2 rings (SSSR count). The van der Waals surface area contributed by atoms with Crippen molar-refractivity contribution in [3.05, 3.63) is 39.6 Å². The van der Waals surface area contributed by atoms with Gasteiger partial charge in [0.05, 0.1) is 0 Å². The molecule has 0 fully saturated rings. The number of thioether (sulfide) groups is 1. The van der Waals surface area contributed by atoms with Crippen LogP contribution in [0.15, 0.2) is 23.4 Å². The zero-order valence-corrected chi connectivity index (χ0v) is 12.9. The van der Waals surface area contributed by atoms with E-state index in [1.165, 1.54) is 16.4 Å². The fraction of sp³-hybridized carbons (Fsp3) is 0.333. The summed E-state index contributed by atoms with van der Waals surface area (Å²) in [7, 11) is 0. The smallest absolute Gasteiger partial charge is 0.210 e. The minimum atomic E-state index is 0.232. The van der Waals surface area contributed by atoms with Gasteiger partial charge in [-0.05, 0) is 17.7 Å². The Morgan fingerprint density at radius 3 is 2.42 bits per heavy atom. The highest BCUT2D eigenvalue weighted by molar-refractivity contribution is 7.98. The molecule has 7 heteroatoms. The SMILES string of the molecule is CC(C)c1nnc(SCc2c(Cl)cccc2Cl)n1N. The number of rotatable bonds is 4. The van der Waals surface area contributed by atoms with Crippen LogP contribution in [-0.4, -0.2) is 14.9 Å². The summed E-state index contributed by atoms with van der Waals surface area (Å²) in [6, 6.07) is 5.45. The third-order valence-corrected chi connectivity index (χ3v) is 4.29. The van der Waals surface area contributed by atoms with Gasteiger partial charge in [0, 0.05) is 21.7 Å². The van der Waals surface area contributed by atoms with Crippen molar-refractivity contribution in [2.45, 2.75) is 30.7 Å². The molecule has 2 aromatic rings. The van der Waals surface area contributed by atoms with Crippen LogP contribution in [0.2, 0.25) is 10.0 Å². The summed E-state index contributed by atoms with van der Waals surface area (Å²) in [5, 5.41) is 10.1. The molecule has 1 aromatic carbocycles. The second-order valence-electron chi connectivity index (χ2n) is 4.35. The maximum Gasteiger partial charge on any atom is 0.210 e. The minimum Gasteiger partial charge on any atom is -0.336 e. The van der Waals surface area contributed by atoms with Gasteiger partial charge in [0.25, 0.3) is 0 Å². The van der Waals surface area contributed by atoms with Gasteiger partial charge < -0.3 is 5.84 Å². The number of hydrogen-bond donors (Lipinski definition) is 1. The van der Waals surface area contributed by atoms with E-state index >= 15 is 0 Å². The van der Waals surface area contributed by atoms with Crippen LogP contribution in [0.4, 0.5) is 0 Å². The van der Waals surface area contributed by atoms with E-state index < -0.39 is 0 Å². The summed E-state index contributed by atoms with van der Waals surface area (Å²) in [6.45, 7) is 4.04. The molecule has 0 aliphatic rings. The van der Waals surface area contributed by atoms with E-state index in [0.29, 0.717) is 21.0 Å². The molecule has 0 spiro atoms. The molecule has 0 radical (unpaired) electrons. The van der Waals surface area contributed by atoms with Gasteiger partial charge in [-0.15, -0.1) is 10.2 Å². The Kier molecular flexibility index (Phi) is 4.60. The van der Waals surface area contributed by atoms with E-state index in [2.05, 4.69) is 10.2 Å². The molecule has 2 N–H and O–H groups in total. The molecule has 0 aliphatic carbocycles. The van der Waals surface area contributed by atoms with Crippen molar-refractivity contribution in [2.24, 2.45) is 0 Å². The third-order valence-electron chi connectivity index (χ3n) is 2.61. The quantitative estimate of drug-likeness (QED) is 0.690. The number of nitrogens with two attached hydrogens (primary N) is 1. The molecular weight excluding hydrogens is 303 g/mol. The highest BCUT2D eigenvalue weighted by atomic mass is 35.5. The van der Waals surface area contributed by atoms with E-state index in [1.54, 1.807) is 0 Å². The highest BCUT2D eigenvalue weighted by Gasteiger charge is 2.14. The first-order chi connectivity index (χ1) is 9.00. The topological polar surface area (TPSA) is 56.7 Å². The fourth-order valence-corrected chi connectivity index (χ4v) is 3.19. The lowest BCUT2D eigenvalue weighted by atomic mass is 10.2. The summed E-state index contributed by atoms with van der Waals surface area (Å²) in [5.41, 5.74) is 0.880. The lowest BCUT2D eigenvalue weighted by Crippen LogP contribution is -2.14. The maximum absolute atomic E-state index is 6.12. The minimum absolute atomic E-state index is 0.232. The summed E-state index contributed by atoms with van der Waals surface area (Å²) in [4.78, 5) is 0. The number of halogens is 2. The van der Waals surface area contributed by atoms with Gasteiger partial charge in [-0.2, -0.15) is 0 Å². The van der Waals surface area contributed by atoms with Crippen LogP contribution >= 0.6 is 35.0 Å². The van der Waals surface area contributed by atoms with Gasteiger partial charge in [-0.3, -0.25) is 0 Å². The monoisotopic (exact) mass is 316 g/mol. The van der Waals surface area contributed by atoms with Crippen molar-refractivity contribution >= 4 is 35.0 Å². The molecule has 0 bridgehead atoms. The molecule has 0 unspecified atom stereocenters. The van der Waals surface area contributed by atoms with Crippen molar-refractivity contribution in [1.82, 2.24) is 14.9 Å². The van der Waals surface area contributed by atoms with Gasteiger partial charge in [0.2, 0.25) is 5.16 Å². The van der Waals surface area contributed by atoms with Crippen LogP contribution in [0.5, 0.6) is 0 Å². The summed E-state index contributed by atoms with van der Waals surface area (Å²) >= 11 is 13.7. The molecule has 0 amide bonds. The van der Waals surface area contributed by atoms with Gasteiger partial charge in [0.1, 0.15) is 0 Å². The Morgan fingerprint density at radius 1 is 1.26 bits per heavy atom. The van der Waals surface area contributed by atoms with Crippen molar-refractivity contribution < 1.29 is 0 Å². The molecule has 1 aromatic heterocycles. The number of nitrogens with zero attached hydrogens (tertiary/aromatic N) is 3. The number of hydrogen-bond acceptors (Lipinski definition) is 4. The fourth-order valence-electron chi connectivity index (χ4n) is 1.59. The first-order valence-electron chi connectivity index (χ1n) is 5.76. The average molecular weight is 317 g/mol. The third kappa shape index (κ3) is 3.16. The van der Waals surface area contributed by atoms with Crippen LogP contribution in [-0.2, 0) is 5.75 Å². The molecule has 0 saturated carbocycles. The Morgan fingerprint density at radius 2 is 1.89 bits per heavy atom. The van der Waals surface area contributed by atoms with Crippen molar-refractivity contribution in [3.63, 3.8) is 0 Å². The first-order valence-corrected chi connectivity index (χ1v) is 7.51. The van der Waals surface area contributed by atoms with Crippen LogP contribution in [0.1, 0.15) is 31.2 Å². The van der Waals surface area contributed by atoms with Crippen LogP contribution < -0.4 is 5.84 Å². The number of aromatic nitrogens is 3. The average Bonchev–Trinajstić information content (AvgIpc) is 2.70. The number of nitrogen functional groups attached to an aromatic ring is 1. The van der Waals surface area contributed by atoms with Gasteiger partial charge in [-0.1, -0.05) is 54.9 Å². The summed E-state index contributed by atoms with van der Waals surface area (Å²) in [5.74, 6) is 7.54. The second kappa shape index (κ2) is 6.03. The van der Waals surface area contributed by atoms with Crippen molar-refractivity contribution in [2.75, 3.05) is 5.84 Å². The zero-order valence-electron chi connectivity index (χ0n) is 10.6. The second-order valence-corrected chi connectivity index (χ2v) is 6.11. The lowest BCUT2D eigenvalue weighted by molar-refractivity contribution is 0.712. The van der Waals surface area contributed by atoms with E-state index in [9.17, 15) is 0 Å². The van der Waals surface area contributed by atoms with E-state index in [1.807, 2.05) is 32.0 Å². The molecule has 19 heavy (non-hydrogen) atoms. The molecule has 4 nitrogen and oxygen atoms in total. The van der Waals surface area contributed by atoms with Gasteiger partial charge >= 0.3 is 0 Å². The zero-order chi connectivity index (χ0) is 14.0. The largest absolute Gasteiger partial charge is 0.336 e. The Bertz CT molecular complexity index is 563. The predicted octanol–water partition coefficient (Wildman–Crippen LogP) is 3.71. The van der Waals surface area contributed by atoms with Crippen LogP contribution in [0, 0.1) is 0 Å². The van der Waals surface area contributed by atoms with E-state index in [0.717, 1.165) is 11.4 Å². The van der Waals surface area contributed by atoms with Crippen LogP contribution in [0.3, 0.4) is 0 Å². The summed E-state index contributed by atoms with van der Waals surface area (Å²) < 4.78 is 1.51. The summed E-state index contributed by atoms with van der Waals surface area (Å²) in [6.07, 6.45) is 0. The maximum atomic E-state index is 6.12. The molecule has 0 atom stereocenters. The molecule has 0 saturated heterocycles. The lowest BCUT2D eigenvalue weighted by Gasteiger charge is -2.07. The highest BCUT2D eigenvalue weighted by Crippen LogP contribution is 2.30. The molecule has 0 aliphatic heterocycles.